The Bertz CT molecular complexity index is 748. The minimum Gasteiger partial charge on any atom is -0.355 e. The highest BCUT2D eigenvalue weighted by Gasteiger charge is 2.31. The van der Waals surface area contributed by atoms with Gasteiger partial charge in [-0.2, -0.15) is 18.3 Å². The van der Waals surface area contributed by atoms with Crippen molar-refractivity contribution >= 4 is 5.91 Å². The Balaban J connectivity index is 2.02. The first-order chi connectivity index (χ1) is 11.6. The van der Waals surface area contributed by atoms with Crippen LogP contribution in [-0.2, 0) is 24.8 Å². The number of carbonyl (C=O) groups is 1. The van der Waals surface area contributed by atoms with Crippen LogP contribution in [-0.4, -0.2) is 38.0 Å². The van der Waals surface area contributed by atoms with Gasteiger partial charge in [-0.05, 0) is 20.8 Å². The number of aromatic nitrogens is 4. The summed E-state index contributed by atoms with van der Waals surface area (Å²) in [6.45, 7) is 4.12. The molecule has 0 spiro atoms. The van der Waals surface area contributed by atoms with Gasteiger partial charge in [0.1, 0.15) is 6.54 Å². The summed E-state index contributed by atoms with van der Waals surface area (Å²) in [5, 5.41) is 6.76. The van der Waals surface area contributed by atoms with Gasteiger partial charge >= 0.3 is 6.18 Å². The normalized spacial score (nSPS) is 13.1. The summed E-state index contributed by atoms with van der Waals surface area (Å²) in [6.07, 6.45) is -0.318. The molecule has 9 heteroatoms. The summed E-state index contributed by atoms with van der Waals surface area (Å²) in [5.74, 6) is -0.812. The molecule has 0 aromatic carbocycles. The number of rotatable bonds is 6. The second-order valence-corrected chi connectivity index (χ2v) is 6.12. The average Bonchev–Trinajstić information content (AvgIpc) is 3.01. The van der Waals surface area contributed by atoms with E-state index in [9.17, 15) is 18.0 Å². The molecular weight excluding hydrogens is 335 g/mol. The fourth-order valence-corrected chi connectivity index (χ4v) is 2.88. The van der Waals surface area contributed by atoms with Gasteiger partial charge in [0.2, 0.25) is 5.91 Å². The lowest BCUT2D eigenvalue weighted by Crippen LogP contribution is -2.30. The zero-order valence-electron chi connectivity index (χ0n) is 14.7. The first kappa shape index (κ1) is 19.0. The fourth-order valence-electron chi connectivity index (χ4n) is 2.88. The predicted octanol–water partition coefficient (Wildman–Crippen LogP) is 2.26. The highest BCUT2D eigenvalue weighted by molar-refractivity contribution is 5.83. The van der Waals surface area contributed by atoms with Crippen molar-refractivity contribution in [1.82, 2.24) is 24.6 Å². The van der Waals surface area contributed by atoms with Crippen molar-refractivity contribution in [1.29, 1.82) is 0 Å². The molecule has 2 aromatic rings. The SMILES string of the molecule is Cc1nn(CC(F)(F)F)c(C)c1C(C)C(=O)NCCc1cncn1C. The minimum absolute atomic E-state index is 0.236. The zero-order valence-corrected chi connectivity index (χ0v) is 14.7. The summed E-state index contributed by atoms with van der Waals surface area (Å²) in [5.41, 5.74) is 2.33. The van der Waals surface area contributed by atoms with Crippen LogP contribution in [0.15, 0.2) is 12.5 Å². The number of imidazole rings is 1. The number of alkyl halides is 3. The van der Waals surface area contributed by atoms with E-state index in [0.717, 1.165) is 10.4 Å². The van der Waals surface area contributed by atoms with Crippen molar-refractivity contribution in [3.63, 3.8) is 0 Å². The molecule has 0 aliphatic heterocycles. The molecule has 0 aliphatic rings. The Kier molecular flexibility index (Phi) is 5.54. The number of nitrogens with one attached hydrogen (secondary N) is 1. The lowest BCUT2D eigenvalue weighted by atomic mass is 9.98. The summed E-state index contributed by atoms with van der Waals surface area (Å²) in [6, 6.07) is 0. The first-order valence-electron chi connectivity index (χ1n) is 7.93. The second-order valence-electron chi connectivity index (χ2n) is 6.12. The third-order valence-corrected chi connectivity index (χ3v) is 4.19. The van der Waals surface area contributed by atoms with Crippen molar-refractivity contribution in [2.45, 2.75) is 45.8 Å². The van der Waals surface area contributed by atoms with E-state index in [1.165, 1.54) is 0 Å². The number of amides is 1. The molecular formula is C16H22F3N5O. The van der Waals surface area contributed by atoms with Gasteiger partial charge in [0, 0.05) is 43.2 Å². The summed E-state index contributed by atoms with van der Waals surface area (Å²) in [7, 11) is 1.87. The predicted molar refractivity (Wildman–Crippen MR) is 86.1 cm³/mol. The van der Waals surface area contributed by atoms with Crippen molar-refractivity contribution < 1.29 is 18.0 Å². The van der Waals surface area contributed by atoms with Gasteiger partial charge < -0.3 is 9.88 Å². The molecule has 2 rings (SSSR count). The molecule has 1 N–H and O–H groups in total. The van der Waals surface area contributed by atoms with E-state index in [1.807, 2.05) is 11.6 Å². The number of hydrogen-bond donors (Lipinski definition) is 1. The highest BCUT2D eigenvalue weighted by Crippen LogP contribution is 2.26. The number of aryl methyl sites for hydroxylation is 2. The van der Waals surface area contributed by atoms with Crippen molar-refractivity contribution in [2.24, 2.45) is 7.05 Å². The Morgan fingerprint density at radius 3 is 2.60 bits per heavy atom. The molecule has 6 nitrogen and oxygen atoms in total. The van der Waals surface area contributed by atoms with Crippen LogP contribution in [0.5, 0.6) is 0 Å². The van der Waals surface area contributed by atoms with Gasteiger partial charge in [0.25, 0.3) is 0 Å². The monoisotopic (exact) mass is 357 g/mol. The van der Waals surface area contributed by atoms with Gasteiger partial charge in [-0.3, -0.25) is 9.48 Å². The van der Waals surface area contributed by atoms with E-state index in [1.54, 1.807) is 33.3 Å². The molecule has 25 heavy (non-hydrogen) atoms. The van der Waals surface area contributed by atoms with Gasteiger partial charge in [-0.25, -0.2) is 4.98 Å². The molecule has 0 saturated heterocycles. The van der Waals surface area contributed by atoms with Crippen LogP contribution in [0, 0.1) is 13.8 Å². The maximum atomic E-state index is 12.6. The van der Waals surface area contributed by atoms with Crippen molar-refractivity contribution in [3.05, 3.63) is 35.2 Å². The topological polar surface area (TPSA) is 64.7 Å². The van der Waals surface area contributed by atoms with Gasteiger partial charge in [-0.15, -0.1) is 0 Å². The van der Waals surface area contributed by atoms with E-state index < -0.39 is 18.6 Å². The number of carbonyl (C=O) groups excluding carboxylic acids is 1. The zero-order chi connectivity index (χ0) is 18.8. The molecule has 0 saturated carbocycles. The minimum atomic E-state index is -4.35. The molecule has 1 unspecified atom stereocenters. The Morgan fingerprint density at radius 2 is 2.04 bits per heavy atom. The van der Waals surface area contributed by atoms with Gasteiger partial charge in [0.05, 0.1) is 17.9 Å². The highest BCUT2D eigenvalue weighted by atomic mass is 19.4. The summed E-state index contributed by atoms with van der Waals surface area (Å²) >= 11 is 0. The number of halogens is 3. The summed E-state index contributed by atoms with van der Waals surface area (Å²) < 4.78 is 40.6. The lowest BCUT2D eigenvalue weighted by molar-refractivity contribution is -0.143. The number of hydrogen-bond acceptors (Lipinski definition) is 3. The van der Waals surface area contributed by atoms with Gasteiger partial charge in [-0.1, -0.05) is 0 Å². The van der Waals surface area contributed by atoms with Crippen LogP contribution in [0.25, 0.3) is 0 Å². The molecule has 0 radical (unpaired) electrons. The van der Waals surface area contributed by atoms with E-state index in [4.69, 9.17) is 0 Å². The fraction of sp³-hybridized carbons (Fsp3) is 0.562. The molecule has 2 heterocycles. The van der Waals surface area contributed by atoms with Gasteiger partial charge in [0.15, 0.2) is 0 Å². The molecule has 2 aromatic heterocycles. The summed E-state index contributed by atoms with van der Waals surface area (Å²) in [4.78, 5) is 16.4. The molecule has 1 atom stereocenters. The maximum absolute atomic E-state index is 12.6. The van der Waals surface area contributed by atoms with Crippen LogP contribution in [0.3, 0.4) is 0 Å². The van der Waals surface area contributed by atoms with Crippen LogP contribution >= 0.6 is 0 Å². The Hall–Kier alpha value is -2.32. The largest absolute Gasteiger partial charge is 0.408 e. The van der Waals surface area contributed by atoms with Crippen LogP contribution in [0.2, 0.25) is 0 Å². The first-order valence-corrected chi connectivity index (χ1v) is 7.93. The smallest absolute Gasteiger partial charge is 0.355 e. The second kappa shape index (κ2) is 7.28. The van der Waals surface area contributed by atoms with E-state index in [-0.39, 0.29) is 5.91 Å². The molecule has 0 bridgehead atoms. The standard InChI is InChI=1S/C16H22F3N5O/c1-10(15(25)21-6-5-13-7-20-9-23(13)4)14-11(2)22-24(12(14)3)8-16(17,18)19/h7,9-10H,5-6,8H2,1-4H3,(H,21,25). The van der Waals surface area contributed by atoms with Crippen LogP contribution < -0.4 is 5.32 Å². The lowest BCUT2D eigenvalue weighted by Gasteiger charge is -2.14. The van der Waals surface area contributed by atoms with Crippen LogP contribution in [0.1, 0.15) is 35.5 Å². The molecule has 0 aliphatic carbocycles. The van der Waals surface area contributed by atoms with Crippen molar-refractivity contribution in [3.8, 4) is 0 Å². The van der Waals surface area contributed by atoms with E-state index in [2.05, 4.69) is 15.4 Å². The molecule has 0 fully saturated rings. The third kappa shape index (κ3) is 4.61. The average molecular weight is 357 g/mol. The Labute approximate surface area is 144 Å². The van der Waals surface area contributed by atoms with Crippen molar-refractivity contribution in [2.75, 3.05) is 6.54 Å². The van der Waals surface area contributed by atoms with E-state index >= 15 is 0 Å². The molecule has 138 valence electrons. The van der Waals surface area contributed by atoms with E-state index in [0.29, 0.717) is 29.9 Å². The molecule has 1 amide bonds. The maximum Gasteiger partial charge on any atom is 0.408 e. The quantitative estimate of drug-likeness (QED) is 0.862. The number of nitrogens with zero attached hydrogens (tertiary/aromatic N) is 4. The Morgan fingerprint density at radius 1 is 1.36 bits per heavy atom. The van der Waals surface area contributed by atoms with Crippen LogP contribution in [0.4, 0.5) is 13.2 Å². The third-order valence-electron chi connectivity index (χ3n) is 4.19.